The number of hydrogen-bond donors (Lipinski definition) is 1. The maximum absolute atomic E-state index is 13.3. The Balaban J connectivity index is 1.33. The molecule has 3 aromatic rings. The molecule has 1 aromatic heterocycles. The lowest BCUT2D eigenvalue weighted by molar-refractivity contribution is -0.120. The molecule has 8 heteroatoms. The number of aromatic nitrogens is 3. The number of amides is 1. The standard InChI is InChI=1S/C25H29N5O2S/c1-18(23(31)26-22(19-8-4-2-5-9-19)20-10-6-3-7-11-20)33-25-28-27-24(30(25)21-12-13-21)29-14-16-32-17-15-29/h2-11,18,21-22H,12-17H2,1H3,(H,26,31). The first-order valence-corrected chi connectivity index (χ1v) is 12.4. The highest BCUT2D eigenvalue weighted by Gasteiger charge is 2.33. The van der Waals surface area contributed by atoms with Crippen molar-refractivity contribution in [3.8, 4) is 0 Å². The molecule has 33 heavy (non-hydrogen) atoms. The third kappa shape index (κ3) is 5.07. The second-order valence-corrected chi connectivity index (χ2v) is 9.81. The van der Waals surface area contributed by atoms with E-state index in [1.807, 2.05) is 67.6 Å². The van der Waals surface area contributed by atoms with Gasteiger partial charge in [-0.15, -0.1) is 10.2 Å². The van der Waals surface area contributed by atoms with E-state index in [0.29, 0.717) is 19.3 Å². The molecule has 1 unspecified atom stereocenters. The smallest absolute Gasteiger partial charge is 0.234 e. The zero-order valence-electron chi connectivity index (χ0n) is 18.8. The summed E-state index contributed by atoms with van der Waals surface area (Å²) in [6, 6.07) is 20.4. The molecule has 1 aliphatic heterocycles. The number of hydrogen-bond acceptors (Lipinski definition) is 6. The molecule has 1 atom stereocenters. The number of rotatable bonds is 8. The number of nitrogens with zero attached hydrogens (tertiary/aromatic N) is 4. The van der Waals surface area contributed by atoms with Crippen molar-refractivity contribution in [2.24, 2.45) is 0 Å². The van der Waals surface area contributed by atoms with E-state index in [1.165, 1.54) is 11.8 Å². The first kappa shape index (κ1) is 22.0. The van der Waals surface area contributed by atoms with Gasteiger partial charge >= 0.3 is 0 Å². The summed E-state index contributed by atoms with van der Waals surface area (Å²) in [6.45, 7) is 4.99. The van der Waals surface area contributed by atoms with Gasteiger partial charge < -0.3 is 15.0 Å². The average Bonchev–Trinajstić information content (AvgIpc) is 3.63. The molecule has 0 spiro atoms. The lowest BCUT2D eigenvalue weighted by atomic mass is 9.98. The third-order valence-electron chi connectivity index (χ3n) is 6.06. The molecule has 5 rings (SSSR count). The summed E-state index contributed by atoms with van der Waals surface area (Å²) in [5.74, 6) is 0.887. The number of morpholine rings is 1. The van der Waals surface area contributed by atoms with Gasteiger partial charge in [-0.2, -0.15) is 0 Å². The van der Waals surface area contributed by atoms with Crippen LogP contribution < -0.4 is 10.2 Å². The summed E-state index contributed by atoms with van der Waals surface area (Å²) in [5.41, 5.74) is 2.12. The Morgan fingerprint density at radius 3 is 2.18 bits per heavy atom. The zero-order chi connectivity index (χ0) is 22.6. The van der Waals surface area contributed by atoms with Crippen LogP contribution in [0.2, 0.25) is 0 Å². The number of carbonyl (C=O) groups is 1. The molecule has 2 aliphatic rings. The topological polar surface area (TPSA) is 72.3 Å². The van der Waals surface area contributed by atoms with E-state index < -0.39 is 0 Å². The monoisotopic (exact) mass is 463 g/mol. The van der Waals surface area contributed by atoms with E-state index in [2.05, 4.69) is 25.0 Å². The molecule has 1 amide bonds. The van der Waals surface area contributed by atoms with Crippen LogP contribution in [0.4, 0.5) is 5.95 Å². The van der Waals surface area contributed by atoms with Crippen molar-refractivity contribution in [1.29, 1.82) is 0 Å². The number of anilines is 1. The second kappa shape index (κ2) is 9.97. The molecule has 1 aliphatic carbocycles. The van der Waals surface area contributed by atoms with E-state index in [4.69, 9.17) is 4.74 Å². The van der Waals surface area contributed by atoms with Gasteiger partial charge in [0.15, 0.2) is 5.16 Å². The molecule has 2 fully saturated rings. The van der Waals surface area contributed by atoms with Gasteiger partial charge in [-0.3, -0.25) is 9.36 Å². The van der Waals surface area contributed by atoms with Crippen LogP contribution in [0.1, 0.15) is 43.0 Å². The lowest BCUT2D eigenvalue weighted by Crippen LogP contribution is -2.38. The first-order chi connectivity index (χ1) is 16.2. The molecule has 7 nitrogen and oxygen atoms in total. The van der Waals surface area contributed by atoms with Crippen LogP contribution in [0.15, 0.2) is 65.8 Å². The lowest BCUT2D eigenvalue weighted by Gasteiger charge is -2.28. The van der Waals surface area contributed by atoms with Gasteiger partial charge in [0.1, 0.15) is 0 Å². The minimum Gasteiger partial charge on any atom is -0.378 e. The van der Waals surface area contributed by atoms with Gasteiger partial charge in [0.25, 0.3) is 0 Å². The summed E-state index contributed by atoms with van der Waals surface area (Å²) in [4.78, 5) is 15.5. The Bertz CT molecular complexity index is 1030. The van der Waals surface area contributed by atoms with Crippen molar-refractivity contribution < 1.29 is 9.53 Å². The number of nitrogens with one attached hydrogen (secondary N) is 1. The average molecular weight is 464 g/mol. The number of carbonyl (C=O) groups excluding carboxylic acids is 1. The third-order valence-corrected chi connectivity index (χ3v) is 7.11. The predicted molar refractivity (Wildman–Crippen MR) is 130 cm³/mol. The number of ether oxygens (including phenoxy) is 1. The largest absolute Gasteiger partial charge is 0.378 e. The Morgan fingerprint density at radius 2 is 1.61 bits per heavy atom. The second-order valence-electron chi connectivity index (χ2n) is 8.51. The predicted octanol–water partition coefficient (Wildman–Crippen LogP) is 3.84. The molecule has 2 aromatic carbocycles. The highest BCUT2D eigenvalue weighted by molar-refractivity contribution is 8.00. The van der Waals surface area contributed by atoms with Gasteiger partial charge in [0, 0.05) is 19.1 Å². The van der Waals surface area contributed by atoms with Crippen LogP contribution in [0, 0.1) is 0 Å². The Labute approximate surface area is 198 Å². The summed E-state index contributed by atoms with van der Waals surface area (Å²) in [5, 5.41) is 12.8. The highest BCUT2D eigenvalue weighted by atomic mass is 32.2. The van der Waals surface area contributed by atoms with Crippen LogP contribution in [0.3, 0.4) is 0 Å². The minimum absolute atomic E-state index is 0.0176. The molecule has 1 saturated heterocycles. The summed E-state index contributed by atoms with van der Waals surface area (Å²) < 4.78 is 7.72. The van der Waals surface area contributed by atoms with Crippen molar-refractivity contribution in [2.45, 2.75) is 42.3 Å². The van der Waals surface area contributed by atoms with Crippen LogP contribution >= 0.6 is 11.8 Å². The van der Waals surface area contributed by atoms with Gasteiger partial charge in [0.2, 0.25) is 11.9 Å². The van der Waals surface area contributed by atoms with Crippen LogP contribution in [0.5, 0.6) is 0 Å². The maximum Gasteiger partial charge on any atom is 0.234 e. The molecular formula is C25H29N5O2S. The molecule has 0 radical (unpaired) electrons. The fraction of sp³-hybridized carbons (Fsp3) is 0.400. The normalized spacial score (nSPS) is 17.2. The van der Waals surface area contributed by atoms with Crippen molar-refractivity contribution in [1.82, 2.24) is 20.1 Å². The fourth-order valence-electron chi connectivity index (χ4n) is 4.10. The summed E-state index contributed by atoms with van der Waals surface area (Å²) in [7, 11) is 0. The van der Waals surface area contributed by atoms with Gasteiger partial charge in [-0.1, -0.05) is 72.4 Å². The number of thioether (sulfide) groups is 1. The Hall–Kier alpha value is -2.84. The zero-order valence-corrected chi connectivity index (χ0v) is 19.6. The molecular weight excluding hydrogens is 434 g/mol. The van der Waals surface area contributed by atoms with Crippen molar-refractivity contribution in [3.63, 3.8) is 0 Å². The van der Waals surface area contributed by atoms with Crippen LogP contribution in [0.25, 0.3) is 0 Å². The highest BCUT2D eigenvalue weighted by Crippen LogP contribution is 2.41. The maximum atomic E-state index is 13.3. The van der Waals surface area contributed by atoms with E-state index >= 15 is 0 Å². The van der Waals surface area contributed by atoms with E-state index in [9.17, 15) is 4.79 Å². The van der Waals surface area contributed by atoms with Crippen LogP contribution in [-0.2, 0) is 9.53 Å². The van der Waals surface area contributed by atoms with Gasteiger partial charge in [0.05, 0.1) is 24.5 Å². The quantitative estimate of drug-likeness (QED) is 0.512. The summed E-state index contributed by atoms with van der Waals surface area (Å²) in [6.07, 6.45) is 2.27. The SMILES string of the molecule is CC(Sc1nnc(N2CCOCC2)n1C1CC1)C(=O)NC(c1ccccc1)c1ccccc1. The van der Waals surface area contributed by atoms with Crippen molar-refractivity contribution in [3.05, 3.63) is 71.8 Å². The van der Waals surface area contributed by atoms with Crippen molar-refractivity contribution in [2.75, 3.05) is 31.2 Å². The van der Waals surface area contributed by atoms with E-state index in [-0.39, 0.29) is 17.2 Å². The molecule has 1 saturated carbocycles. The van der Waals surface area contributed by atoms with E-state index in [1.54, 1.807) is 0 Å². The first-order valence-electron chi connectivity index (χ1n) is 11.5. The van der Waals surface area contributed by atoms with Gasteiger partial charge in [-0.25, -0.2) is 0 Å². The summed E-state index contributed by atoms with van der Waals surface area (Å²) >= 11 is 1.48. The fourth-order valence-corrected chi connectivity index (χ4v) is 5.03. The minimum atomic E-state index is -0.306. The van der Waals surface area contributed by atoms with Crippen molar-refractivity contribution >= 4 is 23.6 Å². The Morgan fingerprint density at radius 1 is 1.00 bits per heavy atom. The Kier molecular flexibility index (Phi) is 6.64. The molecule has 2 heterocycles. The van der Waals surface area contributed by atoms with Gasteiger partial charge in [-0.05, 0) is 30.9 Å². The van der Waals surface area contributed by atoms with Crippen LogP contribution in [-0.4, -0.2) is 52.2 Å². The molecule has 1 N–H and O–H groups in total. The van der Waals surface area contributed by atoms with E-state index in [0.717, 1.165) is 48.2 Å². The molecule has 0 bridgehead atoms. The molecule has 172 valence electrons. The number of benzene rings is 2.